The van der Waals surface area contributed by atoms with E-state index in [4.69, 9.17) is 12.2 Å². The fourth-order valence-electron chi connectivity index (χ4n) is 2.61. The maximum absolute atomic E-state index is 5.43. The number of halogens is 1. The Balaban J connectivity index is 1.62. The van der Waals surface area contributed by atoms with E-state index in [0.29, 0.717) is 17.5 Å². The first-order valence-corrected chi connectivity index (χ1v) is 9.62. The number of hydrogen-bond acceptors (Lipinski definition) is 2. The Morgan fingerprint density at radius 1 is 1.15 bits per heavy atom. The molecule has 134 valence electrons. The molecule has 4 nitrogen and oxygen atoms in total. The van der Waals surface area contributed by atoms with E-state index in [1.54, 1.807) is 0 Å². The summed E-state index contributed by atoms with van der Waals surface area (Å²) in [6.45, 7) is 4.87. The summed E-state index contributed by atoms with van der Waals surface area (Å²) >= 11 is 8.98. The van der Waals surface area contributed by atoms with Gasteiger partial charge in [-0.15, -0.1) is 0 Å². The summed E-state index contributed by atoms with van der Waals surface area (Å²) in [7, 11) is 0. The minimum atomic E-state index is 0.115. The van der Waals surface area contributed by atoms with Gasteiger partial charge in [-0.05, 0) is 53.1 Å². The van der Waals surface area contributed by atoms with E-state index >= 15 is 0 Å². The predicted octanol–water partition coefficient (Wildman–Crippen LogP) is 5.05. The Bertz CT molecular complexity index is 875. The second kappa shape index (κ2) is 8.47. The van der Waals surface area contributed by atoms with Gasteiger partial charge < -0.3 is 10.6 Å². The lowest BCUT2D eigenvalue weighted by atomic mass is 10.1. The molecule has 0 spiro atoms. The molecular weight excluding hydrogens is 408 g/mol. The number of thiocarbonyl (C=S) groups is 1. The van der Waals surface area contributed by atoms with E-state index < -0.39 is 0 Å². The SMILES string of the molecule is Cc1ccc(Cn2cc(Br)c(NC(=S)NC(C)c3ccccc3)n2)cc1. The molecule has 1 unspecified atom stereocenters. The largest absolute Gasteiger partial charge is 0.356 e. The summed E-state index contributed by atoms with van der Waals surface area (Å²) in [6, 6.07) is 18.8. The van der Waals surface area contributed by atoms with E-state index in [9.17, 15) is 0 Å². The van der Waals surface area contributed by atoms with Crippen LogP contribution in [-0.4, -0.2) is 14.9 Å². The third-order valence-corrected chi connectivity index (χ3v) is 4.86. The minimum absolute atomic E-state index is 0.115. The maximum atomic E-state index is 5.43. The molecule has 0 saturated carbocycles. The molecule has 0 amide bonds. The van der Waals surface area contributed by atoms with Crippen molar-refractivity contribution >= 4 is 39.1 Å². The highest BCUT2D eigenvalue weighted by Crippen LogP contribution is 2.21. The Kier molecular flexibility index (Phi) is 6.06. The molecule has 2 aromatic carbocycles. The van der Waals surface area contributed by atoms with Crippen molar-refractivity contribution in [3.8, 4) is 0 Å². The molecule has 0 aliphatic heterocycles. The summed E-state index contributed by atoms with van der Waals surface area (Å²) in [4.78, 5) is 0. The fraction of sp³-hybridized carbons (Fsp3) is 0.200. The zero-order valence-electron chi connectivity index (χ0n) is 14.7. The van der Waals surface area contributed by atoms with Gasteiger partial charge in [0.25, 0.3) is 0 Å². The van der Waals surface area contributed by atoms with Crippen LogP contribution in [0.2, 0.25) is 0 Å². The Hall–Kier alpha value is -2.18. The van der Waals surface area contributed by atoms with Crippen molar-refractivity contribution in [2.75, 3.05) is 5.32 Å². The Morgan fingerprint density at radius 3 is 2.54 bits per heavy atom. The van der Waals surface area contributed by atoms with Gasteiger partial charge in [0.05, 0.1) is 17.1 Å². The van der Waals surface area contributed by atoms with E-state index in [0.717, 1.165) is 4.47 Å². The molecule has 3 rings (SSSR count). The highest BCUT2D eigenvalue weighted by molar-refractivity contribution is 9.10. The average molecular weight is 429 g/mol. The summed E-state index contributed by atoms with van der Waals surface area (Å²) in [5, 5.41) is 11.6. The van der Waals surface area contributed by atoms with Crippen LogP contribution in [0.25, 0.3) is 0 Å². The summed E-state index contributed by atoms with van der Waals surface area (Å²) in [5.74, 6) is 0.704. The van der Waals surface area contributed by atoms with E-state index in [1.807, 2.05) is 29.1 Å². The van der Waals surface area contributed by atoms with Crippen LogP contribution in [0.3, 0.4) is 0 Å². The van der Waals surface area contributed by atoms with Crippen molar-refractivity contribution in [3.63, 3.8) is 0 Å². The lowest BCUT2D eigenvalue weighted by Gasteiger charge is -2.16. The lowest BCUT2D eigenvalue weighted by Crippen LogP contribution is -2.31. The molecule has 0 aliphatic carbocycles. The number of benzene rings is 2. The Morgan fingerprint density at radius 2 is 1.85 bits per heavy atom. The third kappa shape index (κ3) is 4.93. The predicted molar refractivity (Wildman–Crippen MR) is 114 cm³/mol. The van der Waals surface area contributed by atoms with Gasteiger partial charge in [-0.1, -0.05) is 60.2 Å². The van der Waals surface area contributed by atoms with Crippen LogP contribution in [0.4, 0.5) is 5.82 Å². The first kappa shape index (κ1) is 18.6. The van der Waals surface area contributed by atoms with Gasteiger partial charge in [0.1, 0.15) is 0 Å². The standard InChI is InChI=1S/C20H21BrN4S/c1-14-8-10-16(11-9-14)12-25-13-18(21)19(24-25)23-20(26)22-15(2)17-6-4-3-5-7-17/h3-11,13,15H,12H2,1-2H3,(H2,22,23,24,26). The van der Waals surface area contributed by atoms with Gasteiger partial charge in [-0.2, -0.15) is 5.10 Å². The molecule has 1 aromatic heterocycles. The van der Waals surface area contributed by atoms with Crippen LogP contribution >= 0.6 is 28.1 Å². The normalized spacial score (nSPS) is 11.8. The molecule has 0 fully saturated rings. The highest BCUT2D eigenvalue weighted by Gasteiger charge is 2.11. The quantitative estimate of drug-likeness (QED) is 0.557. The van der Waals surface area contributed by atoms with Gasteiger partial charge >= 0.3 is 0 Å². The highest BCUT2D eigenvalue weighted by atomic mass is 79.9. The van der Waals surface area contributed by atoms with E-state index in [1.165, 1.54) is 16.7 Å². The number of nitrogens with zero attached hydrogens (tertiary/aromatic N) is 2. The van der Waals surface area contributed by atoms with Crippen LogP contribution in [-0.2, 0) is 6.54 Å². The lowest BCUT2D eigenvalue weighted by molar-refractivity contribution is 0.688. The van der Waals surface area contributed by atoms with Crippen LogP contribution < -0.4 is 10.6 Å². The molecule has 3 aromatic rings. The van der Waals surface area contributed by atoms with E-state index in [2.05, 4.69) is 81.9 Å². The van der Waals surface area contributed by atoms with Crippen LogP contribution in [0, 0.1) is 6.92 Å². The van der Waals surface area contributed by atoms with Gasteiger partial charge in [0.15, 0.2) is 10.9 Å². The first-order chi connectivity index (χ1) is 12.5. The number of rotatable bonds is 5. The zero-order chi connectivity index (χ0) is 18.5. The maximum Gasteiger partial charge on any atom is 0.172 e. The van der Waals surface area contributed by atoms with Crippen molar-refractivity contribution in [2.24, 2.45) is 0 Å². The molecule has 1 heterocycles. The number of anilines is 1. The van der Waals surface area contributed by atoms with Crippen molar-refractivity contribution in [1.29, 1.82) is 0 Å². The molecule has 0 radical (unpaired) electrons. The Labute approximate surface area is 167 Å². The first-order valence-electron chi connectivity index (χ1n) is 8.42. The van der Waals surface area contributed by atoms with Crippen molar-refractivity contribution < 1.29 is 0 Å². The molecular formula is C20H21BrN4S. The van der Waals surface area contributed by atoms with Crippen molar-refractivity contribution in [3.05, 3.63) is 82.0 Å². The summed E-state index contributed by atoms with van der Waals surface area (Å²) in [5.41, 5.74) is 3.64. The third-order valence-electron chi connectivity index (χ3n) is 4.06. The number of aryl methyl sites for hydroxylation is 1. The molecule has 0 bridgehead atoms. The molecule has 0 saturated heterocycles. The van der Waals surface area contributed by atoms with Gasteiger partial charge in [-0.3, -0.25) is 4.68 Å². The van der Waals surface area contributed by atoms with Crippen LogP contribution in [0.15, 0.2) is 65.3 Å². The summed E-state index contributed by atoms with van der Waals surface area (Å²) < 4.78 is 2.77. The molecule has 0 aliphatic rings. The number of aromatic nitrogens is 2. The van der Waals surface area contributed by atoms with E-state index in [-0.39, 0.29) is 6.04 Å². The van der Waals surface area contributed by atoms with Crippen molar-refractivity contribution in [2.45, 2.75) is 26.4 Å². The van der Waals surface area contributed by atoms with Gasteiger partial charge in [0.2, 0.25) is 0 Å². The summed E-state index contributed by atoms with van der Waals surface area (Å²) in [6.07, 6.45) is 1.95. The topological polar surface area (TPSA) is 41.9 Å². The van der Waals surface area contributed by atoms with Crippen LogP contribution in [0.5, 0.6) is 0 Å². The van der Waals surface area contributed by atoms with Crippen molar-refractivity contribution in [1.82, 2.24) is 15.1 Å². The zero-order valence-corrected chi connectivity index (χ0v) is 17.1. The molecule has 1 atom stereocenters. The second-order valence-corrected chi connectivity index (χ2v) is 7.50. The number of nitrogens with one attached hydrogen (secondary N) is 2. The van der Waals surface area contributed by atoms with Crippen LogP contribution in [0.1, 0.15) is 29.7 Å². The van der Waals surface area contributed by atoms with Gasteiger partial charge in [0, 0.05) is 6.20 Å². The molecule has 26 heavy (non-hydrogen) atoms. The monoisotopic (exact) mass is 428 g/mol. The molecule has 2 N–H and O–H groups in total. The molecule has 6 heteroatoms. The smallest absolute Gasteiger partial charge is 0.172 e. The van der Waals surface area contributed by atoms with Gasteiger partial charge in [-0.25, -0.2) is 0 Å². The average Bonchev–Trinajstić information content (AvgIpc) is 2.96. The fourth-order valence-corrected chi connectivity index (χ4v) is 3.30. The number of hydrogen-bond donors (Lipinski definition) is 2. The second-order valence-electron chi connectivity index (χ2n) is 6.24. The minimum Gasteiger partial charge on any atom is -0.356 e.